The zero-order chi connectivity index (χ0) is 11.8. The van der Waals surface area contributed by atoms with Crippen LogP contribution in [0.15, 0.2) is 0 Å². The second-order valence-corrected chi connectivity index (χ2v) is 5.29. The third-order valence-corrected chi connectivity index (χ3v) is 4.35. The van der Waals surface area contributed by atoms with Gasteiger partial charge in [-0.2, -0.15) is 0 Å². The number of amides is 1. The summed E-state index contributed by atoms with van der Waals surface area (Å²) >= 11 is 0. The van der Waals surface area contributed by atoms with Crippen LogP contribution < -0.4 is 11.1 Å². The molecule has 3 fully saturated rings. The molecule has 0 spiro atoms. The molecule has 1 aliphatic carbocycles. The molecule has 2 heterocycles. The highest BCUT2D eigenvalue weighted by Crippen LogP contribution is 2.37. The summed E-state index contributed by atoms with van der Waals surface area (Å²) < 4.78 is 10.9. The first-order valence-electron chi connectivity index (χ1n) is 6.52. The van der Waals surface area contributed by atoms with E-state index in [4.69, 9.17) is 15.2 Å². The van der Waals surface area contributed by atoms with Crippen LogP contribution in [0.2, 0.25) is 0 Å². The van der Waals surface area contributed by atoms with Crippen LogP contribution >= 0.6 is 0 Å². The molecule has 3 aliphatic rings. The number of nitrogens with one attached hydrogen (secondary N) is 1. The summed E-state index contributed by atoms with van der Waals surface area (Å²) in [6.45, 7) is 2.17. The molecule has 17 heavy (non-hydrogen) atoms. The number of fused-ring (bicyclic) bond motifs is 1. The number of hydrogen-bond acceptors (Lipinski definition) is 4. The van der Waals surface area contributed by atoms with Gasteiger partial charge in [-0.1, -0.05) is 0 Å². The van der Waals surface area contributed by atoms with Gasteiger partial charge in [0.05, 0.1) is 12.1 Å². The Morgan fingerprint density at radius 3 is 2.71 bits per heavy atom. The second kappa shape index (κ2) is 4.55. The summed E-state index contributed by atoms with van der Waals surface area (Å²) in [5.74, 6) is 0.675. The fourth-order valence-corrected chi connectivity index (χ4v) is 3.17. The number of ether oxygens (including phenoxy) is 2. The minimum absolute atomic E-state index is 0.0258. The Labute approximate surface area is 101 Å². The van der Waals surface area contributed by atoms with Crippen LogP contribution in [0.25, 0.3) is 0 Å². The minimum Gasteiger partial charge on any atom is -0.381 e. The van der Waals surface area contributed by atoms with E-state index < -0.39 is 0 Å². The van der Waals surface area contributed by atoms with Gasteiger partial charge in [0.25, 0.3) is 0 Å². The van der Waals surface area contributed by atoms with Crippen LogP contribution in [-0.4, -0.2) is 43.9 Å². The molecule has 0 bridgehead atoms. The maximum Gasteiger partial charge on any atom is 0.223 e. The highest BCUT2D eigenvalue weighted by molar-refractivity contribution is 5.79. The summed E-state index contributed by atoms with van der Waals surface area (Å²) in [5, 5.41) is 3.06. The molecule has 2 aliphatic heterocycles. The van der Waals surface area contributed by atoms with Gasteiger partial charge < -0.3 is 20.5 Å². The van der Waals surface area contributed by atoms with Gasteiger partial charge in [-0.25, -0.2) is 0 Å². The van der Waals surface area contributed by atoms with Crippen molar-refractivity contribution in [3.8, 4) is 0 Å². The first-order valence-corrected chi connectivity index (χ1v) is 6.52. The minimum atomic E-state index is 0.0258. The maximum atomic E-state index is 12.1. The van der Waals surface area contributed by atoms with Crippen LogP contribution in [0, 0.1) is 11.8 Å². The highest BCUT2D eigenvalue weighted by Gasteiger charge is 2.52. The number of rotatable bonds is 2. The lowest BCUT2D eigenvalue weighted by Gasteiger charge is -2.46. The standard InChI is InChI=1S/C12H20N2O3/c13-9-8-3-6-17-11(8)10(9)14-12(15)7-1-4-16-5-2-7/h7-11H,1-6,13H2,(H,14,15). The lowest BCUT2D eigenvalue weighted by Crippen LogP contribution is -2.69. The van der Waals surface area contributed by atoms with Crippen LogP contribution in [0.3, 0.4) is 0 Å². The van der Waals surface area contributed by atoms with Crippen LogP contribution in [-0.2, 0) is 14.3 Å². The average molecular weight is 240 g/mol. The molecule has 96 valence electrons. The molecule has 3 rings (SSSR count). The quantitative estimate of drug-likeness (QED) is 0.691. The van der Waals surface area contributed by atoms with E-state index in [0.717, 1.165) is 25.9 Å². The van der Waals surface area contributed by atoms with Gasteiger partial charge in [-0.3, -0.25) is 4.79 Å². The molecule has 5 nitrogen and oxygen atoms in total. The Balaban J connectivity index is 1.54. The van der Waals surface area contributed by atoms with Crippen LogP contribution in [0.4, 0.5) is 0 Å². The van der Waals surface area contributed by atoms with Crippen molar-refractivity contribution in [2.45, 2.75) is 37.5 Å². The van der Waals surface area contributed by atoms with Crippen molar-refractivity contribution >= 4 is 5.91 Å². The van der Waals surface area contributed by atoms with E-state index in [2.05, 4.69) is 5.32 Å². The number of carbonyl (C=O) groups excluding carboxylic acids is 1. The summed E-state index contributed by atoms with van der Waals surface area (Å²) in [4.78, 5) is 12.1. The van der Waals surface area contributed by atoms with Crippen LogP contribution in [0.5, 0.6) is 0 Å². The Hall–Kier alpha value is -0.650. The molecule has 1 saturated carbocycles. The van der Waals surface area contributed by atoms with E-state index in [9.17, 15) is 4.79 Å². The Kier molecular flexibility index (Phi) is 3.06. The first kappa shape index (κ1) is 11.4. The highest BCUT2D eigenvalue weighted by atomic mass is 16.5. The Morgan fingerprint density at radius 2 is 1.94 bits per heavy atom. The van der Waals surface area contributed by atoms with E-state index >= 15 is 0 Å². The fraction of sp³-hybridized carbons (Fsp3) is 0.917. The van der Waals surface area contributed by atoms with Gasteiger partial charge in [0.2, 0.25) is 5.91 Å². The van der Waals surface area contributed by atoms with E-state index in [-0.39, 0.29) is 30.0 Å². The van der Waals surface area contributed by atoms with Gasteiger partial charge in [0.15, 0.2) is 0 Å². The monoisotopic (exact) mass is 240 g/mol. The van der Waals surface area contributed by atoms with Crippen molar-refractivity contribution < 1.29 is 14.3 Å². The van der Waals surface area contributed by atoms with E-state index in [1.54, 1.807) is 0 Å². The normalized spacial score (nSPS) is 41.7. The van der Waals surface area contributed by atoms with Gasteiger partial charge in [0, 0.05) is 37.7 Å². The topological polar surface area (TPSA) is 73.6 Å². The fourth-order valence-electron chi connectivity index (χ4n) is 3.17. The zero-order valence-electron chi connectivity index (χ0n) is 9.93. The smallest absolute Gasteiger partial charge is 0.223 e. The molecule has 3 N–H and O–H groups in total. The van der Waals surface area contributed by atoms with Crippen molar-refractivity contribution in [1.82, 2.24) is 5.32 Å². The Morgan fingerprint density at radius 1 is 1.18 bits per heavy atom. The van der Waals surface area contributed by atoms with E-state index in [0.29, 0.717) is 19.1 Å². The summed E-state index contributed by atoms with van der Waals surface area (Å²) in [6.07, 6.45) is 2.84. The molecular formula is C12H20N2O3. The largest absolute Gasteiger partial charge is 0.381 e. The van der Waals surface area contributed by atoms with Crippen molar-refractivity contribution in [2.75, 3.05) is 19.8 Å². The SMILES string of the molecule is NC1C2CCOC2C1NC(=O)C1CCOCC1. The molecule has 4 unspecified atom stereocenters. The summed E-state index contributed by atoms with van der Waals surface area (Å²) in [6, 6.07) is 0.101. The molecule has 1 amide bonds. The van der Waals surface area contributed by atoms with Crippen LogP contribution in [0.1, 0.15) is 19.3 Å². The maximum absolute atomic E-state index is 12.1. The van der Waals surface area contributed by atoms with Crippen molar-refractivity contribution in [1.29, 1.82) is 0 Å². The van der Waals surface area contributed by atoms with Crippen molar-refractivity contribution in [3.05, 3.63) is 0 Å². The predicted octanol–water partition coefficient (Wildman–Crippen LogP) is -0.356. The number of hydrogen-bond donors (Lipinski definition) is 2. The first-order chi connectivity index (χ1) is 8.27. The van der Waals surface area contributed by atoms with E-state index in [1.165, 1.54) is 0 Å². The van der Waals surface area contributed by atoms with Crippen molar-refractivity contribution in [3.63, 3.8) is 0 Å². The summed E-state index contributed by atoms with van der Waals surface area (Å²) in [5.41, 5.74) is 6.07. The van der Waals surface area contributed by atoms with Crippen molar-refractivity contribution in [2.24, 2.45) is 17.6 Å². The van der Waals surface area contributed by atoms with Gasteiger partial charge in [0.1, 0.15) is 0 Å². The molecule has 4 atom stereocenters. The second-order valence-electron chi connectivity index (χ2n) is 5.29. The predicted molar refractivity (Wildman–Crippen MR) is 61.3 cm³/mol. The molecule has 2 saturated heterocycles. The van der Waals surface area contributed by atoms with E-state index in [1.807, 2.05) is 0 Å². The molecule has 0 radical (unpaired) electrons. The summed E-state index contributed by atoms with van der Waals surface area (Å²) in [7, 11) is 0. The van der Waals surface area contributed by atoms with Gasteiger partial charge >= 0.3 is 0 Å². The Bertz CT molecular complexity index is 304. The molecule has 0 aromatic carbocycles. The van der Waals surface area contributed by atoms with Gasteiger partial charge in [-0.05, 0) is 19.3 Å². The lowest BCUT2D eigenvalue weighted by atomic mass is 9.72. The third-order valence-electron chi connectivity index (χ3n) is 4.35. The number of carbonyl (C=O) groups is 1. The molecular weight excluding hydrogens is 220 g/mol. The average Bonchev–Trinajstić information content (AvgIpc) is 2.81. The number of nitrogens with two attached hydrogens (primary N) is 1. The molecule has 0 aromatic heterocycles. The lowest BCUT2D eigenvalue weighted by molar-refractivity contribution is -0.132. The zero-order valence-corrected chi connectivity index (χ0v) is 9.93. The third kappa shape index (κ3) is 1.96. The molecule has 0 aromatic rings. The molecule has 5 heteroatoms. The van der Waals surface area contributed by atoms with Gasteiger partial charge in [-0.15, -0.1) is 0 Å².